The minimum absolute atomic E-state index is 0.313. The Balaban J connectivity index is 1.59. The zero-order chi connectivity index (χ0) is 13.8. The van der Waals surface area contributed by atoms with Gasteiger partial charge >= 0.3 is 0 Å². The van der Waals surface area contributed by atoms with Crippen LogP contribution < -0.4 is 5.32 Å². The average molecular weight is 282 g/mol. The number of hydrogen-bond donors (Lipinski definition) is 1. The van der Waals surface area contributed by atoms with Crippen molar-refractivity contribution in [3.05, 3.63) is 0 Å². The second-order valence-electron chi connectivity index (χ2n) is 7.17. The summed E-state index contributed by atoms with van der Waals surface area (Å²) in [5.41, 5.74) is 0. The molecule has 4 atom stereocenters. The third-order valence-corrected chi connectivity index (χ3v) is 5.76. The molecule has 1 aliphatic carbocycles. The van der Waals surface area contributed by atoms with Gasteiger partial charge in [-0.3, -0.25) is 4.90 Å². The number of halogens is 1. The summed E-state index contributed by atoms with van der Waals surface area (Å²) in [6.07, 6.45) is 11.8. The van der Waals surface area contributed by atoms with Crippen LogP contribution in [0.3, 0.4) is 0 Å². The number of likely N-dealkylation sites (tertiary alicyclic amines) is 1. The molecule has 0 radical (unpaired) electrons. The van der Waals surface area contributed by atoms with Crippen molar-refractivity contribution in [3.8, 4) is 0 Å². The Morgan fingerprint density at radius 2 is 1.70 bits per heavy atom. The van der Waals surface area contributed by atoms with Gasteiger partial charge in [0.05, 0.1) is 0 Å². The molecular weight excluding hydrogens is 251 g/mol. The summed E-state index contributed by atoms with van der Waals surface area (Å²) in [4.78, 5) is 2.65. The lowest BCUT2D eigenvalue weighted by Crippen LogP contribution is -2.55. The Morgan fingerprint density at radius 1 is 0.900 bits per heavy atom. The van der Waals surface area contributed by atoms with Crippen molar-refractivity contribution < 1.29 is 4.39 Å². The quantitative estimate of drug-likeness (QED) is 0.852. The first-order chi connectivity index (χ1) is 9.84. The highest BCUT2D eigenvalue weighted by atomic mass is 19.1. The fourth-order valence-corrected chi connectivity index (χ4v) is 4.58. The Hall–Kier alpha value is -0.150. The van der Waals surface area contributed by atoms with Crippen molar-refractivity contribution in [2.75, 3.05) is 19.6 Å². The molecule has 0 aromatic rings. The summed E-state index contributed by atoms with van der Waals surface area (Å²) in [6, 6.07) is 1.35. The van der Waals surface area contributed by atoms with Crippen LogP contribution in [0.1, 0.15) is 64.2 Å². The molecule has 116 valence electrons. The van der Waals surface area contributed by atoms with E-state index in [1.807, 2.05) is 0 Å². The van der Waals surface area contributed by atoms with Crippen LogP contribution in [0.2, 0.25) is 0 Å². The van der Waals surface area contributed by atoms with Crippen molar-refractivity contribution in [1.82, 2.24) is 10.2 Å². The number of nitrogens with zero attached hydrogens (tertiary/aromatic N) is 1. The van der Waals surface area contributed by atoms with Gasteiger partial charge in [-0.05, 0) is 51.6 Å². The van der Waals surface area contributed by atoms with Gasteiger partial charge in [0.2, 0.25) is 0 Å². The van der Waals surface area contributed by atoms with Gasteiger partial charge in [0.1, 0.15) is 6.17 Å². The topological polar surface area (TPSA) is 15.3 Å². The summed E-state index contributed by atoms with van der Waals surface area (Å²) in [5.74, 6) is 0.313. The first-order valence-electron chi connectivity index (χ1n) is 8.96. The van der Waals surface area contributed by atoms with E-state index >= 15 is 0 Å². The van der Waals surface area contributed by atoms with Crippen molar-refractivity contribution in [1.29, 1.82) is 0 Å². The largest absolute Gasteiger partial charge is 0.312 e. The Bertz CT molecular complexity index is 291. The maximum absolute atomic E-state index is 14.1. The molecular formula is C17H31FN2. The molecule has 2 saturated heterocycles. The van der Waals surface area contributed by atoms with Gasteiger partial charge < -0.3 is 5.32 Å². The van der Waals surface area contributed by atoms with Gasteiger partial charge in [0, 0.05) is 24.5 Å². The van der Waals surface area contributed by atoms with E-state index in [1.54, 1.807) is 0 Å². The average Bonchev–Trinajstić information content (AvgIpc) is 2.51. The van der Waals surface area contributed by atoms with Crippen LogP contribution in [0.4, 0.5) is 4.39 Å². The molecule has 4 unspecified atom stereocenters. The minimum atomic E-state index is -0.536. The Kier molecular flexibility index (Phi) is 5.33. The monoisotopic (exact) mass is 282 g/mol. The fourth-order valence-electron chi connectivity index (χ4n) is 4.58. The molecule has 20 heavy (non-hydrogen) atoms. The SMILES string of the molecule is FC1CCCCC1CN1CCCCC1C1CCCCN1. The van der Waals surface area contributed by atoms with E-state index in [4.69, 9.17) is 0 Å². The van der Waals surface area contributed by atoms with Crippen LogP contribution in [-0.2, 0) is 0 Å². The van der Waals surface area contributed by atoms with Crippen LogP contribution in [0, 0.1) is 5.92 Å². The van der Waals surface area contributed by atoms with Crippen LogP contribution in [0.5, 0.6) is 0 Å². The standard InChI is InChI=1S/C17H31FN2/c18-15-8-2-1-7-14(15)13-20-12-6-4-10-17(20)16-9-3-5-11-19-16/h14-17,19H,1-13H2. The van der Waals surface area contributed by atoms with E-state index < -0.39 is 6.17 Å². The zero-order valence-corrected chi connectivity index (χ0v) is 12.8. The van der Waals surface area contributed by atoms with Gasteiger partial charge in [0.25, 0.3) is 0 Å². The molecule has 1 N–H and O–H groups in total. The molecule has 1 saturated carbocycles. The fraction of sp³-hybridized carbons (Fsp3) is 1.00. The van der Waals surface area contributed by atoms with Crippen LogP contribution in [-0.4, -0.2) is 42.8 Å². The summed E-state index contributed by atoms with van der Waals surface area (Å²) < 4.78 is 14.1. The first-order valence-corrected chi connectivity index (χ1v) is 8.96. The molecule has 3 aliphatic rings. The predicted octanol–water partition coefficient (Wildman–Crippen LogP) is 3.51. The Labute approximate surface area is 123 Å². The normalized spacial score (nSPS) is 40.6. The number of alkyl halides is 1. The molecule has 2 nitrogen and oxygen atoms in total. The smallest absolute Gasteiger partial charge is 0.104 e. The third kappa shape index (κ3) is 3.54. The minimum Gasteiger partial charge on any atom is -0.312 e. The summed E-state index contributed by atoms with van der Waals surface area (Å²) in [5, 5.41) is 3.73. The lowest BCUT2D eigenvalue weighted by molar-refractivity contribution is 0.0525. The van der Waals surface area contributed by atoms with Gasteiger partial charge in [-0.1, -0.05) is 25.7 Å². The Morgan fingerprint density at radius 3 is 2.50 bits per heavy atom. The lowest BCUT2D eigenvalue weighted by Gasteiger charge is -2.44. The van der Waals surface area contributed by atoms with Crippen molar-refractivity contribution in [2.24, 2.45) is 5.92 Å². The molecule has 3 fully saturated rings. The van der Waals surface area contributed by atoms with E-state index in [9.17, 15) is 4.39 Å². The third-order valence-electron chi connectivity index (χ3n) is 5.76. The molecule has 2 aliphatic heterocycles. The number of hydrogen-bond acceptors (Lipinski definition) is 2. The predicted molar refractivity (Wildman–Crippen MR) is 81.7 cm³/mol. The molecule has 0 aromatic carbocycles. The maximum atomic E-state index is 14.1. The van der Waals surface area contributed by atoms with E-state index in [-0.39, 0.29) is 0 Å². The molecule has 3 heteroatoms. The number of nitrogens with one attached hydrogen (secondary N) is 1. The van der Waals surface area contributed by atoms with Gasteiger partial charge in [0.15, 0.2) is 0 Å². The van der Waals surface area contributed by atoms with E-state index in [2.05, 4.69) is 10.2 Å². The summed E-state index contributed by atoms with van der Waals surface area (Å²) in [7, 11) is 0. The van der Waals surface area contributed by atoms with Crippen LogP contribution in [0.25, 0.3) is 0 Å². The lowest BCUT2D eigenvalue weighted by atomic mass is 9.84. The van der Waals surface area contributed by atoms with Crippen molar-refractivity contribution in [2.45, 2.75) is 82.5 Å². The van der Waals surface area contributed by atoms with E-state index in [0.29, 0.717) is 18.0 Å². The van der Waals surface area contributed by atoms with E-state index in [1.165, 1.54) is 58.0 Å². The molecule has 0 bridgehead atoms. The molecule has 3 rings (SSSR count). The zero-order valence-electron chi connectivity index (χ0n) is 12.8. The number of piperidine rings is 2. The van der Waals surface area contributed by atoms with Crippen molar-refractivity contribution >= 4 is 0 Å². The first kappa shape index (κ1) is 14.8. The molecule has 0 amide bonds. The highest BCUT2D eigenvalue weighted by Crippen LogP contribution is 2.31. The molecule has 0 aromatic heterocycles. The summed E-state index contributed by atoms with van der Waals surface area (Å²) >= 11 is 0. The van der Waals surface area contributed by atoms with Crippen LogP contribution >= 0.6 is 0 Å². The van der Waals surface area contributed by atoms with Gasteiger partial charge in [-0.15, -0.1) is 0 Å². The second-order valence-corrected chi connectivity index (χ2v) is 7.17. The van der Waals surface area contributed by atoms with Gasteiger partial charge in [-0.2, -0.15) is 0 Å². The highest BCUT2D eigenvalue weighted by Gasteiger charge is 2.34. The number of rotatable bonds is 3. The summed E-state index contributed by atoms with van der Waals surface area (Å²) in [6.45, 7) is 3.40. The second kappa shape index (κ2) is 7.22. The van der Waals surface area contributed by atoms with Crippen LogP contribution in [0.15, 0.2) is 0 Å². The highest BCUT2D eigenvalue weighted by molar-refractivity contribution is 4.91. The molecule has 2 heterocycles. The van der Waals surface area contributed by atoms with Gasteiger partial charge in [-0.25, -0.2) is 4.39 Å². The van der Waals surface area contributed by atoms with E-state index in [0.717, 1.165) is 25.8 Å². The maximum Gasteiger partial charge on any atom is 0.104 e. The molecule has 0 spiro atoms. The van der Waals surface area contributed by atoms with Crippen molar-refractivity contribution in [3.63, 3.8) is 0 Å².